The van der Waals surface area contributed by atoms with Crippen molar-refractivity contribution in [1.82, 2.24) is 0 Å². The summed E-state index contributed by atoms with van der Waals surface area (Å²) < 4.78 is 2.94. The third kappa shape index (κ3) is 6.36. The van der Waals surface area contributed by atoms with Crippen LogP contribution in [0.25, 0.3) is 0 Å². The zero-order valence-electron chi connectivity index (χ0n) is 4.62. The summed E-state index contributed by atoms with van der Waals surface area (Å²) in [7, 11) is 0. The maximum atomic E-state index is 3.04. The Labute approximate surface area is 58.8 Å². The van der Waals surface area contributed by atoms with E-state index in [1.165, 1.54) is 35.4 Å². The van der Waals surface area contributed by atoms with Gasteiger partial charge in [-0.3, -0.25) is 0 Å². The van der Waals surface area contributed by atoms with E-state index < -0.39 is 0 Å². The summed E-state index contributed by atoms with van der Waals surface area (Å²) in [4.78, 5) is 0. The molecule has 0 fully saturated rings. The van der Waals surface area contributed by atoms with Crippen molar-refractivity contribution >= 4 is 22.5 Å². The van der Waals surface area contributed by atoms with E-state index in [1.807, 2.05) is 0 Å². The first-order valence-corrected chi connectivity index (χ1v) is 3.99. The van der Waals surface area contributed by atoms with Crippen LogP contribution in [0.2, 0.25) is 0 Å². The molecule has 0 saturated carbocycles. The first kappa shape index (κ1) is 7.36. The average Bonchev–Trinajstić information content (AvgIpc) is 1.69. The van der Waals surface area contributed by atoms with E-state index in [4.69, 9.17) is 0 Å². The third-order valence-corrected chi connectivity index (χ3v) is 1.25. The summed E-state index contributed by atoms with van der Waals surface area (Å²) in [5.41, 5.74) is 0. The Morgan fingerprint density at radius 2 is 2.29 bits per heavy atom. The third-order valence-electron chi connectivity index (χ3n) is 0.744. The van der Waals surface area contributed by atoms with Crippen molar-refractivity contribution in [2.45, 2.75) is 26.2 Å². The molecule has 0 atom stereocenters. The van der Waals surface area contributed by atoms with Crippen LogP contribution in [0.3, 0.4) is 0 Å². The second-order valence-electron chi connectivity index (χ2n) is 1.41. The Bertz CT molecular complexity index is 75.9. The maximum absolute atomic E-state index is 3.04. The van der Waals surface area contributed by atoms with E-state index in [1.54, 1.807) is 0 Å². The summed E-state index contributed by atoms with van der Waals surface area (Å²) in [5, 5.41) is 0. The molecule has 0 rings (SSSR count). The van der Waals surface area contributed by atoms with Crippen molar-refractivity contribution < 1.29 is 0 Å². The zero-order chi connectivity index (χ0) is 5.54. The quantitative estimate of drug-likeness (QED) is 0.358. The fourth-order valence-corrected chi connectivity index (χ4v) is 0.684. The molecule has 0 spiro atoms. The molecule has 0 nitrogen and oxygen atoms in total. The molecule has 7 heavy (non-hydrogen) atoms. The predicted molar refractivity (Wildman–Crippen MR) is 33.1 cm³/mol. The van der Waals surface area contributed by atoms with E-state index in [2.05, 4.69) is 16.8 Å². The molecule has 37 valence electrons. The van der Waals surface area contributed by atoms with Gasteiger partial charge >= 0.3 is 58.6 Å². The predicted octanol–water partition coefficient (Wildman–Crippen LogP) is 1.31. The molecule has 0 aliphatic rings. The molecule has 0 heterocycles. The van der Waals surface area contributed by atoms with Crippen molar-refractivity contribution in [1.29, 1.82) is 0 Å². The van der Waals surface area contributed by atoms with Gasteiger partial charge in [-0.25, -0.2) is 0 Å². The second-order valence-corrected chi connectivity index (χ2v) is 2.12. The van der Waals surface area contributed by atoms with Gasteiger partial charge in [0.25, 0.3) is 0 Å². The Kier molecular flexibility index (Phi) is 6.68. The second kappa shape index (κ2) is 6.36. The molecular formula is C6H9Sn. The van der Waals surface area contributed by atoms with Gasteiger partial charge in [-0.1, -0.05) is 0 Å². The van der Waals surface area contributed by atoms with E-state index >= 15 is 0 Å². The van der Waals surface area contributed by atoms with Gasteiger partial charge in [0.15, 0.2) is 0 Å². The molecule has 0 saturated heterocycles. The summed E-state index contributed by atoms with van der Waals surface area (Å²) in [6.45, 7) is 2.19. The molecule has 0 bridgehead atoms. The van der Waals surface area contributed by atoms with E-state index in [-0.39, 0.29) is 0 Å². The van der Waals surface area contributed by atoms with Gasteiger partial charge in [-0.05, 0) is 0 Å². The first-order chi connectivity index (χ1) is 3.41. The van der Waals surface area contributed by atoms with Crippen molar-refractivity contribution in [2.75, 3.05) is 0 Å². The van der Waals surface area contributed by atoms with Gasteiger partial charge < -0.3 is 0 Å². The van der Waals surface area contributed by atoms with Crippen LogP contribution in [-0.2, 0) is 0 Å². The summed E-state index contributed by atoms with van der Waals surface area (Å²) >= 11 is 1.34. The van der Waals surface area contributed by atoms with Gasteiger partial charge in [0.05, 0.1) is 0 Å². The van der Waals surface area contributed by atoms with E-state index in [0.717, 1.165) is 6.42 Å². The van der Waals surface area contributed by atoms with Crippen molar-refractivity contribution in [3.63, 3.8) is 0 Å². The topological polar surface area (TPSA) is 0 Å². The van der Waals surface area contributed by atoms with Crippen LogP contribution in [0.4, 0.5) is 0 Å². The number of unbranched alkanes of at least 4 members (excludes halogenated alkanes) is 2. The van der Waals surface area contributed by atoms with Crippen LogP contribution in [-0.4, -0.2) is 22.5 Å². The van der Waals surface area contributed by atoms with Gasteiger partial charge in [0.1, 0.15) is 0 Å². The molecule has 0 unspecified atom stereocenters. The van der Waals surface area contributed by atoms with E-state index in [0.29, 0.717) is 0 Å². The molecule has 0 amide bonds. The van der Waals surface area contributed by atoms with E-state index in [9.17, 15) is 0 Å². The summed E-state index contributed by atoms with van der Waals surface area (Å²) in [5.74, 6) is 3.04. The Hall–Kier alpha value is 0.359. The number of rotatable bonds is 2. The Morgan fingerprint density at radius 3 is 2.71 bits per heavy atom. The molecule has 0 aromatic heterocycles. The van der Waals surface area contributed by atoms with Crippen LogP contribution < -0.4 is 0 Å². The molecule has 0 aliphatic carbocycles. The Balaban J connectivity index is 2.78. The molecule has 0 aromatic carbocycles. The SMILES string of the molecule is CCCCC#[C][Sn]. The number of hydrogen-bond acceptors (Lipinski definition) is 0. The van der Waals surface area contributed by atoms with Crippen LogP contribution in [0, 0.1) is 9.86 Å². The van der Waals surface area contributed by atoms with Crippen molar-refractivity contribution in [3.8, 4) is 9.86 Å². The molecule has 0 aromatic rings. The summed E-state index contributed by atoms with van der Waals surface area (Å²) in [6.07, 6.45) is 3.63. The fourth-order valence-electron chi connectivity index (χ4n) is 0.328. The van der Waals surface area contributed by atoms with Gasteiger partial charge in [0, 0.05) is 0 Å². The summed E-state index contributed by atoms with van der Waals surface area (Å²) in [6, 6.07) is 0. The average molecular weight is 200 g/mol. The van der Waals surface area contributed by atoms with Crippen LogP contribution >= 0.6 is 0 Å². The molecular weight excluding hydrogens is 191 g/mol. The van der Waals surface area contributed by atoms with Crippen LogP contribution in [0.1, 0.15) is 26.2 Å². The van der Waals surface area contributed by atoms with Gasteiger partial charge in [0.2, 0.25) is 0 Å². The molecule has 0 N–H and O–H groups in total. The molecule has 3 radical (unpaired) electrons. The van der Waals surface area contributed by atoms with Crippen LogP contribution in [0.5, 0.6) is 0 Å². The fraction of sp³-hybridized carbons (Fsp3) is 0.667. The zero-order valence-corrected chi connectivity index (χ0v) is 7.48. The monoisotopic (exact) mass is 201 g/mol. The van der Waals surface area contributed by atoms with Gasteiger partial charge in [-0.2, -0.15) is 0 Å². The first-order valence-electron chi connectivity index (χ1n) is 2.56. The molecule has 1 heteroatoms. The normalized spacial score (nSPS) is 7.14. The number of hydrogen-bond donors (Lipinski definition) is 0. The molecule has 0 aliphatic heterocycles. The van der Waals surface area contributed by atoms with Crippen molar-refractivity contribution in [3.05, 3.63) is 0 Å². The minimum atomic E-state index is 1.10. The van der Waals surface area contributed by atoms with Gasteiger partial charge in [-0.15, -0.1) is 0 Å². The van der Waals surface area contributed by atoms with Crippen molar-refractivity contribution in [2.24, 2.45) is 0 Å². The minimum absolute atomic E-state index is 1.10. The standard InChI is InChI=1S/C6H9.Sn/c1-3-5-6-4-2;/h3,5-6H2,1H3;. The Morgan fingerprint density at radius 1 is 1.57 bits per heavy atom. The van der Waals surface area contributed by atoms with Crippen LogP contribution in [0.15, 0.2) is 0 Å².